The van der Waals surface area contributed by atoms with Crippen LogP contribution in [0.15, 0.2) is 18.2 Å². The summed E-state index contributed by atoms with van der Waals surface area (Å²) in [4.78, 5) is 39.3. The predicted octanol–water partition coefficient (Wildman–Crippen LogP) is 1.78. The first-order chi connectivity index (χ1) is 11.9. The van der Waals surface area contributed by atoms with Crippen LogP contribution in [0.25, 0.3) is 0 Å². The summed E-state index contributed by atoms with van der Waals surface area (Å²) in [6.45, 7) is 0.609. The number of likely N-dealkylation sites (tertiary alicyclic amines) is 1. The van der Waals surface area contributed by atoms with Crippen LogP contribution in [0, 0.1) is 5.92 Å². The van der Waals surface area contributed by atoms with E-state index in [4.69, 9.17) is 16.3 Å². The van der Waals surface area contributed by atoms with Gasteiger partial charge in [-0.1, -0.05) is 11.6 Å². The lowest BCUT2D eigenvalue weighted by Gasteiger charge is -2.25. The van der Waals surface area contributed by atoms with Crippen LogP contribution in [0.5, 0.6) is 5.75 Å². The van der Waals surface area contributed by atoms with Crippen molar-refractivity contribution in [2.45, 2.75) is 25.3 Å². The van der Waals surface area contributed by atoms with E-state index in [1.165, 1.54) is 16.9 Å². The quantitative estimate of drug-likeness (QED) is 0.877. The van der Waals surface area contributed by atoms with Gasteiger partial charge in [-0.3, -0.25) is 9.59 Å². The minimum atomic E-state index is -0.997. The van der Waals surface area contributed by atoms with Gasteiger partial charge < -0.3 is 19.6 Å². The molecule has 25 heavy (non-hydrogen) atoms. The number of carbonyl (C=O) groups is 3. The molecule has 2 heterocycles. The number of anilines is 1. The molecule has 3 rings (SSSR count). The number of amides is 2. The third-order valence-corrected chi connectivity index (χ3v) is 4.96. The molecule has 2 amide bonds. The van der Waals surface area contributed by atoms with Crippen molar-refractivity contribution in [1.82, 2.24) is 4.90 Å². The minimum Gasteiger partial charge on any atom is -0.495 e. The maximum atomic E-state index is 12.7. The predicted molar refractivity (Wildman–Crippen MR) is 90.8 cm³/mol. The van der Waals surface area contributed by atoms with Gasteiger partial charge in [-0.25, -0.2) is 4.79 Å². The van der Waals surface area contributed by atoms with E-state index < -0.39 is 17.9 Å². The van der Waals surface area contributed by atoms with Crippen LogP contribution in [0.2, 0.25) is 5.02 Å². The molecule has 7 nitrogen and oxygen atoms in total. The fourth-order valence-electron chi connectivity index (χ4n) is 3.50. The Balaban J connectivity index is 1.80. The van der Waals surface area contributed by atoms with Crippen LogP contribution < -0.4 is 9.64 Å². The van der Waals surface area contributed by atoms with Crippen LogP contribution in [0.4, 0.5) is 5.69 Å². The monoisotopic (exact) mass is 366 g/mol. The number of aliphatic carboxylic acids is 1. The van der Waals surface area contributed by atoms with Crippen LogP contribution >= 0.6 is 11.6 Å². The Labute approximate surface area is 150 Å². The highest BCUT2D eigenvalue weighted by molar-refractivity contribution is 6.31. The lowest BCUT2D eigenvalue weighted by Crippen LogP contribution is -2.44. The molecule has 0 aromatic heterocycles. The number of benzene rings is 1. The van der Waals surface area contributed by atoms with E-state index >= 15 is 0 Å². The van der Waals surface area contributed by atoms with Gasteiger partial charge in [-0.15, -0.1) is 0 Å². The van der Waals surface area contributed by atoms with Crippen molar-refractivity contribution in [3.8, 4) is 5.75 Å². The van der Waals surface area contributed by atoms with Crippen molar-refractivity contribution in [1.29, 1.82) is 0 Å². The molecule has 0 aliphatic carbocycles. The number of nitrogens with zero attached hydrogens (tertiary/aromatic N) is 2. The zero-order valence-corrected chi connectivity index (χ0v) is 14.5. The molecular weight excluding hydrogens is 348 g/mol. The second kappa shape index (κ2) is 6.92. The van der Waals surface area contributed by atoms with E-state index in [2.05, 4.69) is 0 Å². The van der Waals surface area contributed by atoms with Crippen LogP contribution in [0.1, 0.15) is 19.3 Å². The summed E-state index contributed by atoms with van der Waals surface area (Å²) in [5.41, 5.74) is 0.520. The van der Waals surface area contributed by atoms with Crippen molar-refractivity contribution < 1.29 is 24.2 Å². The maximum absolute atomic E-state index is 12.7. The van der Waals surface area contributed by atoms with Gasteiger partial charge in [0.15, 0.2) is 0 Å². The average molecular weight is 367 g/mol. The lowest BCUT2D eigenvalue weighted by atomic mass is 10.1. The smallest absolute Gasteiger partial charge is 0.326 e. The molecule has 1 aromatic carbocycles. The highest BCUT2D eigenvalue weighted by Crippen LogP contribution is 2.36. The Morgan fingerprint density at radius 2 is 2.12 bits per heavy atom. The number of hydrogen-bond acceptors (Lipinski definition) is 4. The molecule has 8 heteroatoms. The molecular formula is C17H19ClN2O5. The van der Waals surface area contributed by atoms with Gasteiger partial charge in [0.2, 0.25) is 11.8 Å². The summed E-state index contributed by atoms with van der Waals surface area (Å²) in [6.07, 6.45) is 1.17. The van der Waals surface area contributed by atoms with E-state index in [-0.39, 0.29) is 24.8 Å². The van der Waals surface area contributed by atoms with Crippen molar-refractivity contribution in [2.24, 2.45) is 5.92 Å². The SMILES string of the molecule is COc1ccc(Cl)cc1N1CC(C(=O)N2CCCC2C(=O)O)CC1=O. The van der Waals surface area contributed by atoms with E-state index in [1.807, 2.05) is 0 Å². The molecule has 0 saturated carbocycles. The van der Waals surface area contributed by atoms with Crippen molar-refractivity contribution in [3.05, 3.63) is 23.2 Å². The molecule has 2 atom stereocenters. The standard InChI is InChI=1S/C17H19ClN2O5/c1-25-14-5-4-11(18)8-13(14)20-9-10(7-15(20)21)16(22)19-6-2-3-12(19)17(23)24/h4-5,8,10,12H,2-3,6-7,9H2,1H3,(H,23,24). The number of carbonyl (C=O) groups excluding carboxylic acids is 2. The normalized spacial score (nSPS) is 23.2. The summed E-state index contributed by atoms with van der Waals surface area (Å²) in [6, 6.07) is 4.16. The number of carboxylic acid groups (broad SMARTS) is 1. The van der Waals surface area contributed by atoms with Gasteiger partial charge in [-0.2, -0.15) is 0 Å². The second-order valence-corrected chi connectivity index (χ2v) is 6.69. The molecule has 0 spiro atoms. The van der Waals surface area contributed by atoms with Crippen LogP contribution in [-0.4, -0.2) is 54.0 Å². The molecule has 0 radical (unpaired) electrons. The Bertz CT molecular complexity index is 723. The van der Waals surface area contributed by atoms with Gasteiger partial charge in [0.05, 0.1) is 18.7 Å². The Kier molecular flexibility index (Phi) is 4.85. The third kappa shape index (κ3) is 3.28. The molecule has 2 unspecified atom stereocenters. The van der Waals surface area contributed by atoms with Gasteiger partial charge in [-0.05, 0) is 31.0 Å². The molecule has 1 N–H and O–H groups in total. The molecule has 0 bridgehead atoms. The number of halogens is 1. The first kappa shape index (κ1) is 17.5. The first-order valence-corrected chi connectivity index (χ1v) is 8.47. The van der Waals surface area contributed by atoms with E-state index in [0.717, 1.165) is 0 Å². The van der Waals surface area contributed by atoms with Gasteiger partial charge >= 0.3 is 5.97 Å². The van der Waals surface area contributed by atoms with Crippen molar-refractivity contribution in [2.75, 3.05) is 25.1 Å². The summed E-state index contributed by atoms with van der Waals surface area (Å²) >= 11 is 6.02. The Morgan fingerprint density at radius 3 is 2.80 bits per heavy atom. The number of hydrogen-bond donors (Lipinski definition) is 1. The summed E-state index contributed by atoms with van der Waals surface area (Å²) in [5.74, 6) is -1.54. The number of methoxy groups -OCH3 is 1. The molecule has 134 valence electrons. The highest BCUT2D eigenvalue weighted by Gasteiger charge is 2.42. The largest absolute Gasteiger partial charge is 0.495 e. The summed E-state index contributed by atoms with van der Waals surface area (Å²) < 4.78 is 5.28. The number of carboxylic acids is 1. The minimum absolute atomic E-state index is 0.0529. The first-order valence-electron chi connectivity index (χ1n) is 8.09. The lowest BCUT2D eigenvalue weighted by molar-refractivity contribution is -0.149. The van der Waals surface area contributed by atoms with Crippen LogP contribution in [-0.2, 0) is 14.4 Å². The molecule has 2 aliphatic rings. The fourth-order valence-corrected chi connectivity index (χ4v) is 3.67. The zero-order chi connectivity index (χ0) is 18.1. The van der Waals surface area contributed by atoms with Gasteiger partial charge in [0, 0.05) is 24.5 Å². The summed E-state index contributed by atoms with van der Waals surface area (Å²) in [5, 5.41) is 9.72. The van der Waals surface area contributed by atoms with Gasteiger partial charge in [0.1, 0.15) is 11.8 Å². The van der Waals surface area contributed by atoms with E-state index in [0.29, 0.717) is 35.8 Å². The fraction of sp³-hybridized carbons (Fsp3) is 0.471. The third-order valence-electron chi connectivity index (χ3n) is 4.73. The van der Waals surface area contributed by atoms with E-state index in [9.17, 15) is 19.5 Å². The molecule has 2 saturated heterocycles. The topological polar surface area (TPSA) is 87.2 Å². The van der Waals surface area contributed by atoms with E-state index in [1.54, 1.807) is 18.2 Å². The molecule has 2 fully saturated rings. The number of ether oxygens (including phenoxy) is 1. The summed E-state index contributed by atoms with van der Waals surface area (Å²) in [7, 11) is 1.50. The molecule has 1 aromatic rings. The van der Waals surface area contributed by atoms with Crippen molar-refractivity contribution >= 4 is 35.1 Å². The zero-order valence-electron chi connectivity index (χ0n) is 13.8. The second-order valence-electron chi connectivity index (χ2n) is 6.25. The number of rotatable bonds is 4. The molecule has 2 aliphatic heterocycles. The van der Waals surface area contributed by atoms with Crippen molar-refractivity contribution in [3.63, 3.8) is 0 Å². The Hall–Kier alpha value is -2.28. The average Bonchev–Trinajstić information content (AvgIpc) is 3.21. The van der Waals surface area contributed by atoms with Crippen LogP contribution in [0.3, 0.4) is 0 Å². The Morgan fingerprint density at radius 1 is 1.36 bits per heavy atom. The maximum Gasteiger partial charge on any atom is 0.326 e. The van der Waals surface area contributed by atoms with Gasteiger partial charge in [0.25, 0.3) is 0 Å². The highest BCUT2D eigenvalue weighted by atomic mass is 35.5.